The highest BCUT2D eigenvalue weighted by Gasteiger charge is 2.23. The van der Waals surface area contributed by atoms with Gasteiger partial charge in [0.1, 0.15) is 5.75 Å². The zero-order chi connectivity index (χ0) is 17.6. The van der Waals surface area contributed by atoms with E-state index < -0.39 is 0 Å². The van der Waals surface area contributed by atoms with Gasteiger partial charge in [-0.25, -0.2) is 0 Å². The van der Waals surface area contributed by atoms with Crippen molar-refractivity contribution in [3.05, 3.63) is 48.4 Å². The number of furan rings is 1. The third kappa shape index (κ3) is 4.41. The Bertz CT molecular complexity index is 710. The van der Waals surface area contributed by atoms with Crippen LogP contribution in [-0.4, -0.2) is 35.9 Å². The first-order valence-electron chi connectivity index (χ1n) is 8.50. The number of ether oxygens (including phenoxy) is 1. The van der Waals surface area contributed by atoms with Crippen LogP contribution in [0.15, 0.2) is 47.1 Å². The summed E-state index contributed by atoms with van der Waals surface area (Å²) in [4.78, 5) is 26.0. The number of carbonyl (C=O) groups is 2. The van der Waals surface area contributed by atoms with E-state index in [2.05, 4.69) is 12.2 Å². The van der Waals surface area contributed by atoms with Crippen molar-refractivity contribution >= 4 is 17.5 Å². The number of benzene rings is 1. The lowest BCUT2D eigenvalue weighted by Crippen LogP contribution is -2.44. The van der Waals surface area contributed by atoms with Crippen LogP contribution in [0.5, 0.6) is 5.75 Å². The molecule has 132 valence electrons. The van der Waals surface area contributed by atoms with Crippen LogP contribution in [-0.2, 0) is 4.79 Å². The molecule has 1 saturated heterocycles. The van der Waals surface area contributed by atoms with E-state index in [1.54, 1.807) is 36.4 Å². The molecule has 6 nitrogen and oxygen atoms in total. The van der Waals surface area contributed by atoms with E-state index in [0.29, 0.717) is 11.4 Å². The van der Waals surface area contributed by atoms with Crippen LogP contribution in [0.1, 0.15) is 36.7 Å². The van der Waals surface area contributed by atoms with Gasteiger partial charge in [-0.2, -0.15) is 0 Å². The molecule has 1 aliphatic heterocycles. The number of piperidine rings is 1. The van der Waals surface area contributed by atoms with Gasteiger partial charge in [0.2, 0.25) is 0 Å². The van der Waals surface area contributed by atoms with Gasteiger partial charge in [-0.15, -0.1) is 0 Å². The number of likely N-dealkylation sites (tertiary alicyclic amines) is 1. The molecule has 0 spiro atoms. The summed E-state index contributed by atoms with van der Waals surface area (Å²) in [5.41, 5.74) is 0.629. The van der Waals surface area contributed by atoms with Gasteiger partial charge in [0.15, 0.2) is 12.4 Å². The molecule has 6 heteroatoms. The molecule has 3 rings (SSSR count). The molecule has 0 saturated carbocycles. The quantitative estimate of drug-likeness (QED) is 0.905. The van der Waals surface area contributed by atoms with E-state index in [-0.39, 0.29) is 30.2 Å². The van der Waals surface area contributed by atoms with E-state index in [0.717, 1.165) is 19.4 Å². The average molecular weight is 342 g/mol. The molecular weight excluding hydrogens is 320 g/mol. The predicted molar refractivity (Wildman–Crippen MR) is 93.6 cm³/mol. The molecule has 1 aromatic heterocycles. The highest BCUT2D eigenvalue weighted by molar-refractivity contribution is 6.02. The van der Waals surface area contributed by atoms with Crippen molar-refractivity contribution in [2.75, 3.05) is 18.5 Å². The van der Waals surface area contributed by atoms with E-state index >= 15 is 0 Å². The molecule has 1 N–H and O–H groups in total. The summed E-state index contributed by atoms with van der Waals surface area (Å²) in [7, 11) is 0. The number of anilines is 1. The Morgan fingerprint density at radius 2 is 2.04 bits per heavy atom. The molecule has 1 fully saturated rings. The molecule has 2 aromatic rings. The summed E-state index contributed by atoms with van der Waals surface area (Å²) < 4.78 is 10.6. The fourth-order valence-electron chi connectivity index (χ4n) is 2.93. The zero-order valence-electron chi connectivity index (χ0n) is 14.2. The number of hydrogen-bond donors (Lipinski definition) is 1. The van der Waals surface area contributed by atoms with Gasteiger partial charge in [-0.1, -0.05) is 0 Å². The van der Waals surface area contributed by atoms with Gasteiger partial charge in [0, 0.05) is 18.3 Å². The summed E-state index contributed by atoms with van der Waals surface area (Å²) in [6, 6.07) is 10.4. The minimum atomic E-state index is -0.312. The highest BCUT2D eigenvalue weighted by Crippen LogP contribution is 2.19. The lowest BCUT2D eigenvalue weighted by Gasteiger charge is -2.33. The van der Waals surface area contributed by atoms with Crippen LogP contribution in [0.25, 0.3) is 0 Å². The Morgan fingerprint density at radius 1 is 1.24 bits per heavy atom. The van der Waals surface area contributed by atoms with Crippen molar-refractivity contribution in [2.24, 2.45) is 0 Å². The van der Waals surface area contributed by atoms with Crippen molar-refractivity contribution in [2.45, 2.75) is 32.2 Å². The number of nitrogens with zero attached hydrogens (tertiary/aromatic N) is 1. The van der Waals surface area contributed by atoms with Gasteiger partial charge < -0.3 is 19.4 Å². The maximum absolute atomic E-state index is 12.3. The first kappa shape index (κ1) is 17.1. The molecule has 25 heavy (non-hydrogen) atoms. The lowest BCUT2D eigenvalue weighted by molar-refractivity contribution is -0.136. The standard InChI is InChI=1S/C19H22N2O4/c1-14-5-2-3-11-21(14)18(22)13-25-16-9-7-15(8-10-16)20-19(23)17-6-4-12-24-17/h4,6-10,12,14H,2-3,5,11,13H2,1H3,(H,20,23)/t14-/m0/s1. The fraction of sp³-hybridized carbons (Fsp3) is 0.368. The summed E-state index contributed by atoms with van der Waals surface area (Å²) >= 11 is 0. The number of rotatable bonds is 5. The van der Waals surface area contributed by atoms with E-state index in [1.807, 2.05) is 4.90 Å². The normalized spacial score (nSPS) is 17.2. The second-order valence-corrected chi connectivity index (χ2v) is 6.18. The Balaban J connectivity index is 1.50. The Labute approximate surface area is 146 Å². The second-order valence-electron chi connectivity index (χ2n) is 6.18. The fourth-order valence-corrected chi connectivity index (χ4v) is 2.93. The second kappa shape index (κ2) is 7.88. The molecule has 0 aliphatic carbocycles. The molecule has 1 aliphatic rings. The van der Waals surface area contributed by atoms with Gasteiger partial charge >= 0.3 is 0 Å². The van der Waals surface area contributed by atoms with Gasteiger partial charge in [0.05, 0.1) is 6.26 Å². The van der Waals surface area contributed by atoms with Crippen LogP contribution in [0, 0.1) is 0 Å². The minimum absolute atomic E-state index is 0.0161. The van der Waals surface area contributed by atoms with Gasteiger partial charge in [-0.05, 0) is 62.6 Å². The molecule has 1 aromatic carbocycles. The molecule has 2 amide bonds. The summed E-state index contributed by atoms with van der Waals surface area (Å²) in [6.07, 6.45) is 4.74. The summed E-state index contributed by atoms with van der Waals surface area (Å²) in [6.45, 7) is 2.91. The first-order valence-corrected chi connectivity index (χ1v) is 8.50. The number of amides is 2. The van der Waals surface area contributed by atoms with Gasteiger partial charge in [0.25, 0.3) is 11.8 Å². The minimum Gasteiger partial charge on any atom is -0.484 e. The van der Waals surface area contributed by atoms with Crippen molar-refractivity contribution in [1.29, 1.82) is 0 Å². The maximum Gasteiger partial charge on any atom is 0.291 e. The zero-order valence-corrected chi connectivity index (χ0v) is 14.2. The van der Waals surface area contributed by atoms with Crippen molar-refractivity contribution in [1.82, 2.24) is 4.90 Å². The molecule has 1 atom stereocenters. The van der Waals surface area contributed by atoms with E-state index in [1.165, 1.54) is 12.7 Å². The topological polar surface area (TPSA) is 71.8 Å². The van der Waals surface area contributed by atoms with Crippen LogP contribution >= 0.6 is 0 Å². The lowest BCUT2D eigenvalue weighted by atomic mass is 10.0. The highest BCUT2D eigenvalue weighted by atomic mass is 16.5. The van der Waals surface area contributed by atoms with Crippen molar-refractivity contribution in [3.8, 4) is 5.75 Å². The Kier molecular flexibility index (Phi) is 5.38. The summed E-state index contributed by atoms with van der Waals surface area (Å²) in [5.74, 6) is 0.547. The Hall–Kier alpha value is -2.76. The van der Waals surface area contributed by atoms with Crippen LogP contribution in [0.3, 0.4) is 0 Å². The maximum atomic E-state index is 12.3. The number of nitrogens with one attached hydrogen (secondary N) is 1. The third-order valence-corrected chi connectivity index (χ3v) is 4.34. The molecule has 2 heterocycles. The van der Waals surface area contributed by atoms with Crippen molar-refractivity contribution < 1.29 is 18.7 Å². The Morgan fingerprint density at radius 3 is 2.72 bits per heavy atom. The van der Waals surface area contributed by atoms with Crippen LogP contribution < -0.4 is 10.1 Å². The van der Waals surface area contributed by atoms with E-state index in [9.17, 15) is 9.59 Å². The average Bonchev–Trinajstić information content (AvgIpc) is 3.16. The first-order chi connectivity index (χ1) is 12.1. The van der Waals surface area contributed by atoms with E-state index in [4.69, 9.17) is 9.15 Å². The molecular formula is C19H22N2O4. The van der Waals surface area contributed by atoms with Gasteiger partial charge in [-0.3, -0.25) is 9.59 Å². The molecule has 0 unspecified atom stereocenters. The van der Waals surface area contributed by atoms with Crippen LogP contribution in [0.2, 0.25) is 0 Å². The predicted octanol–water partition coefficient (Wildman–Crippen LogP) is 3.31. The largest absolute Gasteiger partial charge is 0.484 e. The monoisotopic (exact) mass is 342 g/mol. The third-order valence-electron chi connectivity index (χ3n) is 4.34. The number of carbonyl (C=O) groups excluding carboxylic acids is 2. The number of hydrogen-bond acceptors (Lipinski definition) is 4. The van der Waals surface area contributed by atoms with Crippen molar-refractivity contribution in [3.63, 3.8) is 0 Å². The summed E-state index contributed by atoms with van der Waals surface area (Å²) in [5, 5.41) is 2.73. The molecule has 0 bridgehead atoms. The smallest absolute Gasteiger partial charge is 0.291 e. The molecule has 0 radical (unpaired) electrons. The van der Waals surface area contributed by atoms with Crippen LogP contribution in [0.4, 0.5) is 5.69 Å². The SMILES string of the molecule is C[C@H]1CCCCN1C(=O)COc1ccc(NC(=O)c2ccco2)cc1.